The third kappa shape index (κ3) is 3.86. The average molecular weight is 369 g/mol. The molecule has 0 unspecified atom stereocenters. The van der Waals surface area contributed by atoms with Crippen molar-refractivity contribution in [2.45, 2.75) is 39.0 Å². The van der Waals surface area contributed by atoms with E-state index in [4.69, 9.17) is 4.42 Å². The number of rotatable bonds is 4. The van der Waals surface area contributed by atoms with Gasteiger partial charge in [0, 0.05) is 42.3 Å². The molecule has 2 saturated heterocycles. The van der Waals surface area contributed by atoms with Gasteiger partial charge in [0.05, 0.1) is 0 Å². The summed E-state index contributed by atoms with van der Waals surface area (Å²) in [4.78, 5) is 29.0. The number of hydrogen-bond acceptors (Lipinski definition) is 4. The summed E-state index contributed by atoms with van der Waals surface area (Å²) < 4.78 is 5.60. The van der Waals surface area contributed by atoms with Crippen molar-refractivity contribution in [1.29, 1.82) is 0 Å². The van der Waals surface area contributed by atoms with Crippen LogP contribution in [0, 0.1) is 6.92 Å². The molecule has 2 aromatic rings. The highest BCUT2D eigenvalue weighted by Gasteiger charge is 2.19. The molecular formula is C21H27N3O3. The van der Waals surface area contributed by atoms with E-state index in [1.54, 1.807) is 6.07 Å². The van der Waals surface area contributed by atoms with Crippen molar-refractivity contribution in [2.75, 3.05) is 38.0 Å². The number of carbonyl (C=O) groups is 1. The van der Waals surface area contributed by atoms with Gasteiger partial charge in [0.25, 0.3) is 0 Å². The van der Waals surface area contributed by atoms with Gasteiger partial charge in [-0.1, -0.05) is 0 Å². The van der Waals surface area contributed by atoms with E-state index in [0.717, 1.165) is 68.5 Å². The molecule has 2 aliphatic rings. The summed E-state index contributed by atoms with van der Waals surface area (Å²) >= 11 is 0. The number of benzene rings is 1. The first-order chi connectivity index (χ1) is 13.1. The smallest absolute Gasteiger partial charge is 0.339 e. The lowest BCUT2D eigenvalue weighted by Gasteiger charge is -2.17. The summed E-state index contributed by atoms with van der Waals surface area (Å²) in [7, 11) is 0. The van der Waals surface area contributed by atoms with Crippen LogP contribution in [-0.4, -0.2) is 48.6 Å². The second-order valence-electron chi connectivity index (χ2n) is 7.63. The van der Waals surface area contributed by atoms with E-state index in [9.17, 15) is 9.59 Å². The number of aryl methyl sites for hydroxylation is 1. The third-order valence-corrected chi connectivity index (χ3v) is 5.81. The van der Waals surface area contributed by atoms with Crippen molar-refractivity contribution >= 4 is 22.7 Å². The number of nitrogens with zero attached hydrogens (tertiary/aromatic N) is 2. The molecule has 2 fully saturated rings. The Morgan fingerprint density at radius 2 is 1.81 bits per heavy atom. The predicted octanol–water partition coefficient (Wildman–Crippen LogP) is 3.37. The second-order valence-corrected chi connectivity index (χ2v) is 7.63. The Morgan fingerprint density at radius 3 is 2.56 bits per heavy atom. The first-order valence-electron chi connectivity index (χ1n) is 9.96. The molecule has 0 atom stereocenters. The lowest BCUT2D eigenvalue weighted by Crippen LogP contribution is -2.32. The number of hydrogen-bond donors (Lipinski definition) is 1. The van der Waals surface area contributed by atoms with Crippen molar-refractivity contribution < 1.29 is 9.21 Å². The van der Waals surface area contributed by atoms with Crippen molar-refractivity contribution in [3.05, 3.63) is 39.7 Å². The van der Waals surface area contributed by atoms with Gasteiger partial charge >= 0.3 is 11.7 Å². The number of urea groups is 1. The zero-order valence-electron chi connectivity index (χ0n) is 15.9. The van der Waals surface area contributed by atoms with Gasteiger partial charge < -0.3 is 19.5 Å². The SMILES string of the molecule is Cc1c(CCN2CCCC2)c(=O)oc2cc(NC(=O)N3CCCC3)ccc12. The highest BCUT2D eigenvalue weighted by molar-refractivity contribution is 5.93. The second kappa shape index (κ2) is 7.72. The van der Waals surface area contributed by atoms with Gasteiger partial charge in [0.2, 0.25) is 0 Å². The predicted molar refractivity (Wildman–Crippen MR) is 106 cm³/mol. The maximum atomic E-state index is 12.5. The fourth-order valence-electron chi connectivity index (χ4n) is 4.16. The Kier molecular flexibility index (Phi) is 5.16. The fraction of sp³-hybridized carbons (Fsp3) is 0.524. The molecular weight excluding hydrogens is 342 g/mol. The van der Waals surface area contributed by atoms with Gasteiger partial charge in [-0.2, -0.15) is 0 Å². The van der Waals surface area contributed by atoms with Crippen LogP contribution in [0.3, 0.4) is 0 Å². The van der Waals surface area contributed by atoms with E-state index in [1.807, 2.05) is 24.0 Å². The molecule has 144 valence electrons. The number of likely N-dealkylation sites (tertiary alicyclic amines) is 2. The number of fused-ring (bicyclic) bond motifs is 1. The van der Waals surface area contributed by atoms with Crippen LogP contribution in [0.25, 0.3) is 11.0 Å². The van der Waals surface area contributed by atoms with Crippen LogP contribution in [0.4, 0.5) is 10.5 Å². The van der Waals surface area contributed by atoms with Gasteiger partial charge in [-0.3, -0.25) is 0 Å². The maximum absolute atomic E-state index is 12.5. The highest BCUT2D eigenvalue weighted by atomic mass is 16.4. The first kappa shape index (κ1) is 18.0. The Hall–Kier alpha value is -2.34. The summed E-state index contributed by atoms with van der Waals surface area (Å²) in [5, 5.41) is 3.85. The Balaban J connectivity index is 1.54. The third-order valence-electron chi connectivity index (χ3n) is 5.81. The standard InChI is InChI=1S/C21H27N3O3/c1-15-17-7-6-16(22-21(26)24-11-4-5-12-24)14-19(17)27-20(25)18(15)8-13-23-9-2-3-10-23/h6-7,14H,2-5,8-13H2,1H3,(H,22,26). The van der Waals surface area contributed by atoms with Gasteiger partial charge in [-0.25, -0.2) is 9.59 Å². The average Bonchev–Trinajstić information content (AvgIpc) is 3.35. The Labute approximate surface area is 159 Å². The monoisotopic (exact) mass is 369 g/mol. The number of amides is 2. The van der Waals surface area contributed by atoms with Crippen LogP contribution in [0.1, 0.15) is 36.8 Å². The van der Waals surface area contributed by atoms with E-state index < -0.39 is 0 Å². The van der Waals surface area contributed by atoms with Crippen LogP contribution in [-0.2, 0) is 6.42 Å². The van der Waals surface area contributed by atoms with Crippen LogP contribution < -0.4 is 10.9 Å². The summed E-state index contributed by atoms with van der Waals surface area (Å²) in [6.07, 6.45) is 5.32. The molecule has 2 amide bonds. The maximum Gasteiger partial charge on any atom is 0.339 e. The van der Waals surface area contributed by atoms with Crippen LogP contribution >= 0.6 is 0 Å². The van der Waals surface area contributed by atoms with Gasteiger partial charge in [0.15, 0.2) is 0 Å². The molecule has 2 aliphatic heterocycles. The zero-order chi connectivity index (χ0) is 18.8. The van der Waals surface area contributed by atoms with E-state index in [-0.39, 0.29) is 11.7 Å². The molecule has 6 heteroatoms. The van der Waals surface area contributed by atoms with Crippen molar-refractivity contribution in [3.63, 3.8) is 0 Å². The lowest BCUT2D eigenvalue weighted by molar-refractivity contribution is 0.222. The fourth-order valence-corrected chi connectivity index (χ4v) is 4.16. The quantitative estimate of drug-likeness (QED) is 0.839. The largest absolute Gasteiger partial charge is 0.422 e. The molecule has 0 bridgehead atoms. The molecule has 0 radical (unpaired) electrons. The number of nitrogens with one attached hydrogen (secondary N) is 1. The summed E-state index contributed by atoms with van der Waals surface area (Å²) in [6, 6.07) is 5.48. The lowest BCUT2D eigenvalue weighted by atomic mass is 10.0. The molecule has 0 saturated carbocycles. The van der Waals surface area contributed by atoms with Gasteiger partial charge in [0.1, 0.15) is 5.58 Å². The van der Waals surface area contributed by atoms with Crippen LogP contribution in [0.5, 0.6) is 0 Å². The first-order valence-corrected chi connectivity index (χ1v) is 9.96. The highest BCUT2D eigenvalue weighted by Crippen LogP contribution is 2.24. The zero-order valence-corrected chi connectivity index (χ0v) is 15.9. The summed E-state index contributed by atoms with van der Waals surface area (Å²) in [5.41, 5.74) is 2.68. The van der Waals surface area contributed by atoms with E-state index in [0.29, 0.717) is 11.3 Å². The van der Waals surface area contributed by atoms with Crippen molar-refractivity contribution in [2.24, 2.45) is 0 Å². The molecule has 1 aromatic heterocycles. The van der Waals surface area contributed by atoms with Crippen LogP contribution in [0.2, 0.25) is 0 Å². The van der Waals surface area contributed by atoms with Crippen molar-refractivity contribution in [1.82, 2.24) is 9.80 Å². The van der Waals surface area contributed by atoms with E-state index in [2.05, 4.69) is 10.2 Å². The molecule has 0 spiro atoms. The Bertz CT molecular complexity index is 893. The minimum atomic E-state index is -0.262. The molecule has 27 heavy (non-hydrogen) atoms. The summed E-state index contributed by atoms with van der Waals surface area (Å²) in [6.45, 7) is 6.74. The minimum absolute atomic E-state index is 0.0897. The molecule has 1 N–H and O–H groups in total. The van der Waals surface area contributed by atoms with E-state index >= 15 is 0 Å². The van der Waals surface area contributed by atoms with Crippen molar-refractivity contribution in [3.8, 4) is 0 Å². The Morgan fingerprint density at radius 1 is 1.11 bits per heavy atom. The summed E-state index contributed by atoms with van der Waals surface area (Å²) in [5.74, 6) is 0. The van der Waals surface area contributed by atoms with Gasteiger partial charge in [-0.15, -0.1) is 0 Å². The number of anilines is 1. The minimum Gasteiger partial charge on any atom is -0.422 e. The molecule has 1 aromatic carbocycles. The molecule has 4 rings (SSSR count). The molecule has 3 heterocycles. The van der Waals surface area contributed by atoms with E-state index in [1.165, 1.54) is 12.8 Å². The normalized spacial score (nSPS) is 17.7. The molecule has 6 nitrogen and oxygen atoms in total. The van der Waals surface area contributed by atoms with Gasteiger partial charge in [-0.05, 0) is 69.8 Å². The van der Waals surface area contributed by atoms with Crippen LogP contribution in [0.15, 0.2) is 27.4 Å². The number of carbonyl (C=O) groups excluding carboxylic acids is 1. The topological polar surface area (TPSA) is 65.8 Å². The molecule has 0 aliphatic carbocycles.